The quantitative estimate of drug-likeness (QED) is 0.634. The highest BCUT2D eigenvalue weighted by Crippen LogP contribution is 2.25. The molecule has 0 spiro atoms. The van der Waals surface area contributed by atoms with Crippen molar-refractivity contribution >= 4 is 10.9 Å². The lowest BCUT2D eigenvalue weighted by molar-refractivity contribution is 1.00. The molecule has 0 fully saturated rings. The van der Waals surface area contributed by atoms with Crippen LogP contribution >= 0.6 is 0 Å². The molecule has 0 radical (unpaired) electrons. The maximum absolute atomic E-state index is 4.36. The highest BCUT2D eigenvalue weighted by molar-refractivity contribution is 5.92. The number of pyridine rings is 1. The van der Waals surface area contributed by atoms with E-state index in [1.54, 1.807) is 6.20 Å². The predicted octanol–water partition coefficient (Wildman–Crippen LogP) is 3.00. The van der Waals surface area contributed by atoms with Crippen molar-refractivity contribution in [3.63, 3.8) is 0 Å². The van der Waals surface area contributed by atoms with Crippen LogP contribution in [-0.2, 0) is 0 Å². The van der Waals surface area contributed by atoms with E-state index in [0.29, 0.717) is 0 Å². The number of rotatable bonds is 1. The summed E-state index contributed by atoms with van der Waals surface area (Å²) in [4.78, 5) is 4.36. The van der Waals surface area contributed by atoms with Crippen molar-refractivity contribution < 1.29 is 0 Å². The minimum Gasteiger partial charge on any atom is -0.254 e. The second-order valence-corrected chi connectivity index (χ2v) is 3.90. The number of nitrogens with zero attached hydrogens (tertiary/aromatic N) is 3. The third kappa shape index (κ3) is 1.65. The zero-order chi connectivity index (χ0) is 11.7. The van der Waals surface area contributed by atoms with Gasteiger partial charge in [0, 0.05) is 17.1 Å². The zero-order valence-corrected chi connectivity index (χ0v) is 9.46. The van der Waals surface area contributed by atoms with E-state index in [-0.39, 0.29) is 0 Å². The molecule has 0 atom stereocenters. The maximum atomic E-state index is 4.36. The molecule has 0 saturated heterocycles. The third-order valence-corrected chi connectivity index (χ3v) is 2.75. The number of aryl methyl sites for hydroxylation is 1. The number of hydrogen-bond donors (Lipinski definition) is 0. The Morgan fingerprint density at radius 2 is 1.71 bits per heavy atom. The first-order valence-electron chi connectivity index (χ1n) is 5.50. The van der Waals surface area contributed by atoms with Crippen LogP contribution in [0.5, 0.6) is 0 Å². The molecule has 0 unspecified atom stereocenters. The van der Waals surface area contributed by atoms with Crippen molar-refractivity contribution in [1.82, 2.24) is 15.2 Å². The Hall–Kier alpha value is -2.29. The van der Waals surface area contributed by atoms with Crippen molar-refractivity contribution in [3.8, 4) is 11.3 Å². The summed E-state index contributed by atoms with van der Waals surface area (Å²) < 4.78 is 0. The molecule has 3 rings (SSSR count). The second kappa shape index (κ2) is 3.94. The monoisotopic (exact) mass is 221 g/mol. The number of benzene rings is 1. The molecule has 3 heteroatoms. The lowest BCUT2D eigenvalue weighted by Crippen LogP contribution is -1.95. The van der Waals surface area contributed by atoms with E-state index in [1.807, 2.05) is 49.4 Å². The van der Waals surface area contributed by atoms with Crippen LogP contribution in [0.4, 0.5) is 0 Å². The lowest BCUT2D eigenvalue weighted by Gasteiger charge is -2.05. The number of aromatic nitrogens is 3. The lowest BCUT2D eigenvalue weighted by atomic mass is 10.1. The zero-order valence-electron chi connectivity index (χ0n) is 9.46. The Labute approximate surface area is 99.2 Å². The first-order valence-corrected chi connectivity index (χ1v) is 5.50. The van der Waals surface area contributed by atoms with E-state index < -0.39 is 0 Å². The summed E-state index contributed by atoms with van der Waals surface area (Å²) in [6, 6.07) is 14.0. The fourth-order valence-electron chi connectivity index (χ4n) is 1.92. The summed E-state index contributed by atoms with van der Waals surface area (Å²) in [7, 11) is 0. The summed E-state index contributed by atoms with van der Waals surface area (Å²) in [5.41, 5.74) is 3.74. The maximum Gasteiger partial charge on any atom is 0.102 e. The van der Waals surface area contributed by atoms with Crippen LogP contribution in [0.1, 0.15) is 5.69 Å². The molecule has 1 aromatic carbocycles. The average Bonchev–Trinajstić information content (AvgIpc) is 2.41. The molecule has 0 N–H and O–H groups in total. The van der Waals surface area contributed by atoms with Gasteiger partial charge in [0.25, 0.3) is 0 Å². The van der Waals surface area contributed by atoms with Crippen molar-refractivity contribution in [3.05, 3.63) is 54.4 Å². The molecule has 3 aromatic rings. The molecule has 0 aliphatic carbocycles. The van der Waals surface area contributed by atoms with Gasteiger partial charge in [-0.3, -0.25) is 4.98 Å². The largest absolute Gasteiger partial charge is 0.254 e. The summed E-state index contributed by atoms with van der Waals surface area (Å²) in [6.07, 6.45) is 1.78. The minimum absolute atomic E-state index is 0.861. The molecule has 3 nitrogen and oxygen atoms in total. The van der Waals surface area contributed by atoms with Gasteiger partial charge in [0.1, 0.15) is 5.69 Å². The van der Waals surface area contributed by atoms with Crippen LogP contribution in [-0.4, -0.2) is 15.2 Å². The van der Waals surface area contributed by atoms with Gasteiger partial charge in [-0.05, 0) is 19.1 Å². The van der Waals surface area contributed by atoms with E-state index in [4.69, 9.17) is 0 Å². The molecule has 0 aliphatic rings. The topological polar surface area (TPSA) is 38.7 Å². The summed E-state index contributed by atoms with van der Waals surface area (Å²) in [6.45, 7) is 1.93. The van der Waals surface area contributed by atoms with Crippen LogP contribution in [0, 0.1) is 6.92 Å². The van der Waals surface area contributed by atoms with Crippen molar-refractivity contribution in [2.75, 3.05) is 0 Å². The van der Waals surface area contributed by atoms with Gasteiger partial charge >= 0.3 is 0 Å². The third-order valence-electron chi connectivity index (χ3n) is 2.75. The van der Waals surface area contributed by atoms with Crippen LogP contribution in [0.25, 0.3) is 22.2 Å². The second-order valence-electron chi connectivity index (χ2n) is 3.90. The molecular weight excluding hydrogens is 210 g/mol. The summed E-state index contributed by atoms with van der Waals surface area (Å²) in [5, 5.41) is 9.51. The van der Waals surface area contributed by atoms with Crippen molar-refractivity contribution in [1.29, 1.82) is 0 Å². The molecule has 2 aromatic heterocycles. The van der Waals surface area contributed by atoms with Gasteiger partial charge in [0.2, 0.25) is 0 Å². The first kappa shape index (κ1) is 9.90. The van der Waals surface area contributed by atoms with Crippen LogP contribution in [0.2, 0.25) is 0 Å². The van der Waals surface area contributed by atoms with Crippen LogP contribution in [0.15, 0.2) is 48.7 Å². The van der Waals surface area contributed by atoms with E-state index in [0.717, 1.165) is 27.9 Å². The molecular formula is C14H11N3. The Morgan fingerprint density at radius 1 is 0.882 bits per heavy atom. The van der Waals surface area contributed by atoms with Gasteiger partial charge < -0.3 is 0 Å². The van der Waals surface area contributed by atoms with Gasteiger partial charge in [-0.2, -0.15) is 5.10 Å². The normalized spacial score (nSPS) is 10.6. The standard InChI is InChI=1S/C14H11N3/c1-10-13-12(8-5-9-15-13)14(17-16-10)11-6-3-2-4-7-11/h2-9H,1H3. The van der Waals surface area contributed by atoms with Gasteiger partial charge in [0.15, 0.2) is 0 Å². The Bertz CT molecular complexity index is 663. The molecule has 17 heavy (non-hydrogen) atoms. The van der Waals surface area contributed by atoms with Gasteiger partial charge in [0.05, 0.1) is 11.2 Å². The van der Waals surface area contributed by atoms with E-state index in [2.05, 4.69) is 15.2 Å². The first-order chi connectivity index (χ1) is 8.36. The smallest absolute Gasteiger partial charge is 0.102 e. The van der Waals surface area contributed by atoms with Crippen molar-refractivity contribution in [2.24, 2.45) is 0 Å². The highest BCUT2D eigenvalue weighted by atomic mass is 15.1. The van der Waals surface area contributed by atoms with Crippen LogP contribution < -0.4 is 0 Å². The Morgan fingerprint density at radius 3 is 2.53 bits per heavy atom. The molecule has 0 amide bonds. The van der Waals surface area contributed by atoms with Crippen LogP contribution in [0.3, 0.4) is 0 Å². The molecule has 0 aliphatic heterocycles. The van der Waals surface area contributed by atoms with Gasteiger partial charge in [-0.25, -0.2) is 0 Å². The number of fused-ring (bicyclic) bond motifs is 1. The number of hydrogen-bond acceptors (Lipinski definition) is 3. The van der Waals surface area contributed by atoms with Crippen molar-refractivity contribution in [2.45, 2.75) is 6.92 Å². The van der Waals surface area contributed by atoms with Gasteiger partial charge in [-0.15, -0.1) is 5.10 Å². The summed E-state index contributed by atoms with van der Waals surface area (Å²) >= 11 is 0. The summed E-state index contributed by atoms with van der Waals surface area (Å²) in [5.74, 6) is 0. The molecule has 0 saturated carbocycles. The van der Waals surface area contributed by atoms with E-state index in [9.17, 15) is 0 Å². The minimum atomic E-state index is 0.861. The molecule has 2 heterocycles. The molecule has 82 valence electrons. The fraction of sp³-hybridized carbons (Fsp3) is 0.0714. The average molecular weight is 221 g/mol. The van der Waals surface area contributed by atoms with Gasteiger partial charge in [-0.1, -0.05) is 30.3 Å². The predicted molar refractivity (Wildman–Crippen MR) is 67.5 cm³/mol. The van der Waals surface area contributed by atoms with E-state index >= 15 is 0 Å². The van der Waals surface area contributed by atoms with E-state index in [1.165, 1.54) is 0 Å². The SMILES string of the molecule is Cc1nnc(-c2ccccc2)c2cccnc12. The Balaban J connectivity index is 2.35. The highest BCUT2D eigenvalue weighted by Gasteiger charge is 2.08. The molecule has 0 bridgehead atoms. The Kier molecular flexibility index (Phi) is 2.29. The fourth-order valence-corrected chi connectivity index (χ4v) is 1.92.